The molecule has 4 rings (SSSR count). The van der Waals surface area contributed by atoms with Crippen LogP contribution < -0.4 is 16.6 Å². The average Bonchev–Trinajstić information content (AvgIpc) is 2.96. The van der Waals surface area contributed by atoms with Crippen LogP contribution in [0, 0.1) is 0 Å². The number of nitrogen functional groups attached to an aromatic ring is 1. The van der Waals surface area contributed by atoms with Gasteiger partial charge in [-0.1, -0.05) is 105 Å². The van der Waals surface area contributed by atoms with Gasteiger partial charge < -0.3 is 11.1 Å². The molecule has 0 spiro atoms. The summed E-state index contributed by atoms with van der Waals surface area (Å²) >= 11 is 0. The molecular weight excluding hydrogens is 492 g/mol. The molecule has 3 N–H and O–H groups in total. The number of nitrogens with zero attached hydrogens (tertiary/aromatic N) is 2. The molecule has 8 heteroatoms. The number of ketones is 2. The van der Waals surface area contributed by atoms with E-state index in [0.717, 1.165) is 19.3 Å². The highest BCUT2D eigenvalue weighted by atomic mass is 16.2. The molecule has 0 fully saturated rings. The van der Waals surface area contributed by atoms with E-state index in [4.69, 9.17) is 5.73 Å². The second-order valence-electron chi connectivity index (χ2n) is 9.47. The third-order valence-electron chi connectivity index (χ3n) is 6.74. The third-order valence-corrected chi connectivity index (χ3v) is 6.74. The van der Waals surface area contributed by atoms with E-state index in [1.165, 1.54) is 22.9 Å². The van der Waals surface area contributed by atoms with Crippen molar-refractivity contribution < 1.29 is 14.4 Å². The van der Waals surface area contributed by atoms with Crippen molar-refractivity contribution >= 4 is 23.2 Å². The zero-order valence-electron chi connectivity index (χ0n) is 21.9. The summed E-state index contributed by atoms with van der Waals surface area (Å²) in [6, 6.07) is 16.3. The minimum atomic E-state index is -0.947. The lowest BCUT2D eigenvalue weighted by molar-refractivity contribution is -0.132. The van der Waals surface area contributed by atoms with Gasteiger partial charge in [0.25, 0.3) is 5.56 Å². The Morgan fingerprint density at radius 2 is 1.67 bits per heavy atom. The Morgan fingerprint density at radius 3 is 2.36 bits per heavy atom. The van der Waals surface area contributed by atoms with E-state index in [9.17, 15) is 19.2 Å². The number of carbonyl (C=O) groups is 3. The Hall–Kier alpha value is -4.59. The van der Waals surface area contributed by atoms with Crippen molar-refractivity contribution in [3.8, 4) is 11.4 Å². The van der Waals surface area contributed by atoms with Gasteiger partial charge in [-0.25, -0.2) is 4.98 Å². The largest absolute Gasteiger partial charge is 0.393 e. The second-order valence-corrected chi connectivity index (χ2v) is 9.47. The van der Waals surface area contributed by atoms with E-state index >= 15 is 0 Å². The molecule has 1 heterocycles. The van der Waals surface area contributed by atoms with Gasteiger partial charge in [0.1, 0.15) is 17.6 Å². The lowest BCUT2D eigenvalue weighted by Gasteiger charge is -2.27. The van der Waals surface area contributed by atoms with Crippen LogP contribution in [-0.2, 0) is 14.4 Å². The van der Waals surface area contributed by atoms with Crippen LogP contribution in [0.2, 0.25) is 0 Å². The van der Waals surface area contributed by atoms with Gasteiger partial charge in [0.15, 0.2) is 0 Å². The van der Waals surface area contributed by atoms with Crippen molar-refractivity contribution in [2.24, 2.45) is 0 Å². The van der Waals surface area contributed by atoms with E-state index in [-0.39, 0.29) is 11.3 Å². The van der Waals surface area contributed by atoms with Crippen molar-refractivity contribution in [1.29, 1.82) is 0 Å². The number of rotatable bonds is 11. The van der Waals surface area contributed by atoms with Crippen molar-refractivity contribution in [2.45, 2.75) is 51.1 Å². The van der Waals surface area contributed by atoms with Gasteiger partial charge in [-0.3, -0.25) is 23.7 Å². The third kappa shape index (κ3) is 6.29. The molecule has 200 valence electrons. The van der Waals surface area contributed by atoms with Gasteiger partial charge in [-0.15, -0.1) is 0 Å². The zero-order valence-corrected chi connectivity index (χ0v) is 21.9. The van der Waals surface area contributed by atoms with Gasteiger partial charge in [0.05, 0.1) is 12.2 Å². The molecule has 0 saturated carbocycles. The highest BCUT2D eigenvalue weighted by molar-refractivity contribution is 6.48. The number of aromatic nitrogens is 2. The molecule has 1 aliphatic rings. The van der Waals surface area contributed by atoms with Gasteiger partial charge in [0, 0.05) is 11.1 Å². The molecule has 3 aromatic rings. The first-order valence-corrected chi connectivity index (χ1v) is 13.2. The van der Waals surface area contributed by atoms with Gasteiger partial charge in [-0.05, 0) is 18.1 Å². The number of carbonyl (C=O) groups excluding carboxylic acids is 3. The summed E-state index contributed by atoms with van der Waals surface area (Å²) in [7, 11) is 0. The highest BCUT2D eigenvalue weighted by Crippen LogP contribution is 2.28. The Bertz CT molecular complexity index is 1460. The molecule has 1 amide bonds. The van der Waals surface area contributed by atoms with Crippen molar-refractivity contribution in [1.82, 2.24) is 14.9 Å². The van der Waals surface area contributed by atoms with E-state index in [1.807, 2.05) is 36.4 Å². The molecule has 1 aliphatic carbocycles. The fraction of sp³-hybridized carbons (Fsp3) is 0.258. The fourth-order valence-electron chi connectivity index (χ4n) is 4.70. The molecule has 1 aromatic heterocycles. The second kappa shape index (κ2) is 12.8. The minimum Gasteiger partial charge on any atom is -0.393 e. The molecule has 2 atom stereocenters. The maximum atomic E-state index is 14.1. The number of unbranched alkanes of at least 4 members (excludes halogenated alkanes) is 3. The fourth-order valence-corrected chi connectivity index (χ4v) is 4.70. The van der Waals surface area contributed by atoms with Crippen molar-refractivity contribution in [2.75, 3.05) is 5.73 Å². The maximum absolute atomic E-state index is 14.1. The van der Waals surface area contributed by atoms with Crippen LogP contribution in [0.4, 0.5) is 5.69 Å². The topological polar surface area (TPSA) is 124 Å². The molecule has 0 aliphatic heterocycles. The van der Waals surface area contributed by atoms with E-state index < -0.39 is 35.1 Å². The minimum absolute atomic E-state index is 0.0680. The molecule has 2 aromatic carbocycles. The number of hydrogen-bond acceptors (Lipinski definition) is 6. The number of hydrogen-bond donors (Lipinski definition) is 2. The van der Waals surface area contributed by atoms with E-state index in [2.05, 4.69) is 17.2 Å². The van der Waals surface area contributed by atoms with Gasteiger partial charge >= 0.3 is 0 Å². The summed E-state index contributed by atoms with van der Waals surface area (Å²) in [6.45, 7) is 2.10. The van der Waals surface area contributed by atoms with Crippen LogP contribution in [-0.4, -0.2) is 27.0 Å². The first kappa shape index (κ1) is 27.4. The smallest absolute Gasteiger partial charge is 0.277 e. The summed E-state index contributed by atoms with van der Waals surface area (Å²) < 4.78 is 1.36. The van der Waals surface area contributed by atoms with Crippen LogP contribution in [0.3, 0.4) is 0 Å². The van der Waals surface area contributed by atoms with Crippen molar-refractivity contribution in [3.05, 3.63) is 107 Å². The number of amides is 1. The van der Waals surface area contributed by atoms with E-state index in [0.29, 0.717) is 29.8 Å². The Balaban J connectivity index is 1.79. The summed E-state index contributed by atoms with van der Waals surface area (Å²) in [4.78, 5) is 57.0. The Morgan fingerprint density at radius 1 is 0.974 bits per heavy atom. The van der Waals surface area contributed by atoms with Crippen LogP contribution in [0.1, 0.15) is 56.7 Å². The molecule has 0 saturated heterocycles. The summed E-state index contributed by atoms with van der Waals surface area (Å²) in [5.41, 5.74) is 6.88. The maximum Gasteiger partial charge on any atom is 0.277 e. The van der Waals surface area contributed by atoms with Gasteiger partial charge in [0.2, 0.25) is 17.5 Å². The summed E-state index contributed by atoms with van der Waals surface area (Å²) in [6.07, 6.45) is 9.51. The predicted octanol–water partition coefficient (Wildman–Crippen LogP) is 4.50. The Labute approximate surface area is 227 Å². The number of nitrogens with one attached hydrogen (secondary N) is 1. The molecule has 2 unspecified atom stereocenters. The number of Topliss-reactive ketones (excluding diaryl/α,β-unsaturated/α-hetero) is 1. The van der Waals surface area contributed by atoms with Crippen LogP contribution >= 0.6 is 0 Å². The lowest BCUT2D eigenvalue weighted by atomic mass is 9.90. The molecule has 0 radical (unpaired) electrons. The SMILES string of the molecule is CCCCCCC(C(=O)NC(C1=CC=CC(=O)C1=O)c1ccccc1)n1c(-c2ccccc2)ncc(N)c1=O. The lowest BCUT2D eigenvalue weighted by Crippen LogP contribution is -2.42. The Kier molecular flexibility index (Phi) is 8.99. The predicted molar refractivity (Wildman–Crippen MR) is 151 cm³/mol. The number of benzene rings is 2. The average molecular weight is 525 g/mol. The number of anilines is 1. The molecule has 8 nitrogen and oxygen atoms in total. The highest BCUT2D eigenvalue weighted by Gasteiger charge is 2.32. The quantitative estimate of drug-likeness (QED) is 0.216. The molecule has 39 heavy (non-hydrogen) atoms. The zero-order chi connectivity index (χ0) is 27.8. The van der Waals surface area contributed by atoms with Crippen LogP contribution in [0.5, 0.6) is 0 Å². The summed E-state index contributed by atoms with van der Waals surface area (Å²) in [5.74, 6) is -1.48. The molecule has 0 bridgehead atoms. The number of allylic oxidation sites excluding steroid dienone is 3. The van der Waals surface area contributed by atoms with Gasteiger partial charge in [-0.2, -0.15) is 0 Å². The van der Waals surface area contributed by atoms with Crippen LogP contribution in [0.15, 0.2) is 95.5 Å². The first-order valence-electron chi connectivity index (χ1n) is 13.2. The normalized spacial score (nSPS) is 14.5. The molecular formula is C31H32N4O4. The van der Waals surface area contributed by atoms with Crippen molar-refractivity contribution in [3.63, 3.8) is 0 Å². The monoisotopic (exact) mass is 524 g/mol. The summed E-state index contributed by atoms with van der Waals surface area (Å²) in [5, 5.41) is 2.98. The standard InChI is InChI=1S/C31H32N4O4/c1-2-3-4-11-18-25(35-29(22-15-9-6-10-16-22)33-20-24(32)31(35)39)30(38)34-27(21-13-7-5-8-14-21)23-17-12-19-26(36)28(23)37/h5-10,12-17,19-20,25,27H,2-4,11,18,32H2,1H3,(H,34,38). The van der Waals surface area contributed by atoms with E-state index in [1.54, 1.807) is 30.3 Å². The number of nitrogens with two attached hydrogens (primary N) is 1. The first-order chi connectivity index (χ1) is 18.9. The van der Waals surface area contributed by atoms with Crippen LogP contribution in [0.25, 0.3) is 11.4 Å².